The van der Waals surface area contributed by atoms with E-state index in [1.54, 1.807) is 0 Å². The third kappa shape index (κ3) is 3.32. The van der Waals surface area contributed by atoms with Gasteiger partial charge in [0.05, 0.1) is 23.8 Å². The lowest BCUT2D eigenvalue weighted by Crippen LogP contribution is -2.27. The molecular weight excluding hydrogens is 302 g/mol. The van der Waals surface area contributed by atoms with Gasteiger partial charge in [-0.25, -0.2) is 0 Å². The van der Waals surface area contributed by atoms with Gasteiger partial charge in [-0.3, -0.25) is 14.2 Å². The summed E-state index contributed by atoms with van der Waals surface area (Å²) < 4.78 is 3.80. The van der Waals surface area contributed by atoms with Gasteiger partial charge >= 0.3 is 0 Å². The summed E-state index contributed by atoms with van der Waals surface area (Å²) in [6.45, 7) is 5.37. The summed E-state index contributed by atoms with van der Waals surface area (Å²) in [4.78, 5) is 12.1. The molecule has 24 heavy (non-hydrogen) atoms. The summed E-state index contributed by atoms with van der Waals surface area (Å²) in [6.07, 6.45) is 3.11. The molecule has 2 heterocycles. The molecule has 3 aromatic rings. The molecule has 0 bridgehead atoms. The van der Waals surface area contributed by atoms with E-state index in [1.165, 1.54) is 0 Å². The molecule has 3 rings (SSSR count). The average molecular weight is 325 g/mol. The lowest BCUT2D eigenvalue weighted by molar-refractivity contribution is -0.120. The van der Waals surface area contributed by atoms with Crippen LogP contribution in [0.4, 0.5) is 0 Å². The van der Waals surface area contributed by atoms with Crippen LogP contribution < -0.4 is 5.32 Å². The molecule has 0 aliphatic heterocycles. The molecule has 1 N–H and O–H groups in total. The normalized spacial score (nSPS) is 11.1. The number of aryl methyl sites for hydroxylation is 3. The van der Waals surface area contributed by atoms with Crippen LogP contribution in [0.3, 0.4) is 0 Å². The number of rotatable bonds is 6. The number of aromatic nitrogens is 4. The van der Waals surface area contributed by atoms with Crippen molar-refractivity contribution >= 4 is 16.8 Å². The molecule has 1 amide bonds. The van der Waals surface area contributed by atoms with Gasteiger partial charge in [0.2, 0.25) is 5.91 Å². The van der Waals surface area contributed by atoms with Gasteiger partial charge in [0.25, 0.3) is 0 Å². The zero-order chi connectivity index (χ0) is 17.1. The van der Waals surface area contributed by atoms with Crippen LogP contribution in [0, 0.1) is 13.8 Å². The topological polar surface area (TPSA) is 64.7 Å². The van der Waals surface area contributed by atoms with Crippen LogP contribution in [-0.4, -0.2) is 32.0 Å². The van der Waals surface area contributed by atoms with Crippen molar-refractivity contribution in [3.63, 3.8) is 0 Å². The Morgan fingerprint density at radius 1 is 1.25 bits per heavy atom. The minimum absolute atomic E-state index is 0.0412. The van der Waals surface area contributed by atoms with Gasteiger partial charge in [-0.1, -0.05) is 18.2 Å². The summed E-state index contributed by atoms with van der Waals surface area (Å²) in [5, 5.41) is 12.9. The summed E-state index contributed by atoms with van der Waals surface area (Å²) >= 11 is 0. The van der Waals surface area contributed by atoms with Crippen LogP contribution in [0.15, 0.2) is 30.5 Å². The monoisotopic (exact) mass is 325 g/mol. The second-order valence-electron chi connectivity index (χ2n) is 6.08. The molecule has 0 atom stereocenters. The van der Waals surface area contributed by atoms with E-state index >= 15 is 0 Å². The van der Waals surface area contributed by atoms with Crippen molar-refractivity contribution < 1.29 is 4.79 Å². The van der Waals surface area contributed by atoms with Crippen molar-refractivity contribution in [2.24, 2.45) is 7.05 Å². The molecule has 0 radical (unpaired) electrons. The van der Waals surface area contributed by atoms with Crippen molar-refractivity contribution in [3.05, 3.63) is 47.4 Å². The summed E-state index contributed by atoms with van der Waals surface area (Å²) in [5.41, 5.74) is 4.12. The van der Waals surface area contributed by atoms with Crippen molar-refractivity contribution in [3.8, 4) is 0 Å². The van der Waals surface area contributed by atoms with E-state index in [-0.39, 0.29) is 5.91 Å². The number of carbonyl (C=O) groups is 1. The van der Waals surface area contributed by atoms with E-state index in [4.69, 9.17) is 0 Å². The average Bonchev–Trinajstić information content (AvgIpc) is 3.08. The second-order valence-corrected chi connectivity index (χ2v) is 6.08. The van der Waals surface area contributed by atoms with E-state index in [0.29, 0.717) is 13.0 Å². The van der Waals surface area contributed by atoms with E-state index in [2.05, 4.69) is 27.6 Å². The highest BCUT2D eigenvalue weighted by Gasteiger charge is 2.13. The molecule has 0 unspecified atom stereocenters. The third-order valence-electron chi connectivity index (χ3n) is 4.42. The Morgan fingerprint density at radius 3 is 2.79 bits per heavy atom. The first kappa shape index (κ1) is 16.2. The molecule has 0 spiro atoms. The Hall–Kier alpha value is -2.63. The molecule has 0 saturated carbocycles. The van der Waals surface area contributed by atoms with Crippen LogP contribution in [0.5, 0.6) is 0 Å². The van der Waals surface area contributed by atoms with Crippen LogP contribution in [0.25, 0.3) is 10.9 Å². The fraction of sp³-hybridized carbons (Fsp3) is 0.389. The zero-order valence-electron chi connectivity index (χ0n) is 14.4. The largest absolute Gasteiger partial charge is 0.356 e. The fourth-order valence-corrected chi connectivity index (χ4v) is 2.96. The maximum absolute atomic E-state index is 12.1. The van der Waals surface area contributed by atoms with E-state index < -0.39 is 0 Å². The summed E-state index contributed by atoms with van der Waals surface area (Å²) in [6, 6.07) is 8.14. The number of carbonyl (C=O) groups excluding carboxylic acids is 1. The van der Waals surface area contributed by atoms with E-state index in [1.807, 2.05) is 48.6 Å². The molecule has 2 aromatic heterocycles. The van der Waals surface area contributed by atoms with Gasteiger partial charge in [-0.2, -0.15) is 10.2 Å². The predicted octanol–water partition coefficient (Wildman–Crippen LogP) is 2.14. The molecule has 0 saturated heterocycles. The van der Waals surface area contributed by atoms with Crippen LogP contribution in [-0.2, 0) is 24.8 Å². The molecule has 0 aliphatic carbocycles. The molecule has 126 valence electrons. The molecule has 6 heteroatoms. The minimum atomic E-state index is 0.0412. The molecule has 1 aromatic carbocycles. The number of para-hydroxylation sites is 1. The van der Waals surface area contributed by atoms with Crippen molar-refractivity contribution in [2.75, 3.05) is 6.54 Å². The highest BCUT2D eigenvalue weighted by Crippen LogP contribution is 2.13. The van der Waals surface area contributed by atoms with Crippen LogP contribution in [0.2, 0.25) is 0 Å². The lowest BCUT2D eigenvalue weighted by Gasteiger charge is -2.07. The fourth-order valence-electron chi connectivity index (χ4n) is 2.96. The number of nitrogens with one attached hydrogen (secondary N) is 1. The number of hydrogen-bond acceptors (Lipinski definition) is 3. The summed E-state index contributed by atoms with van der Waals surface area (Å²) in [5.74, 6) is 0.0412. The quantitative estimate of drug-likeness (QED) is 0.706. The molecule has 0 aliphatic rings. The van der Waals surface area contributed by atoms with Crippen molar-refractivity contribution in [1.82, 2.24) is 24.9 Å². The zero-order valence-corrected chi connectivity index (χ0v) is 14.4. The van der Waals surface area contributed by atoms with Gasteiger partial charge in [-0.15, -0.1) is 0 Å². The first-order valence-corrected chi connectivity index (χ1v) is 8.22. The van der Waals surface area contributed by atoms with Crippen molar-refractivity contribution in [2.45, 2.75) is 33.2 Å². The van der Waals surface area contributed by atoms with Crippen LogP contribution in [0.1, 0.15) is 23.4 Å². The third-order valence-corrected chi connectivity index (χ3v) is 4.42. The first-order valence-electron chi connectivity index (χ1n) is 8.22. The smallest absolute Gasteiger partial charge is 0.224 e. The van der Waals surface area contributed by atoms with Gasteiger partial charge in [0, 0.05) is 36.8 Å². The SMILES string of the molecule is Cc1nn(C)c(C)c1CC(=O)NCCCn1ncc2ccccc21. The molecule has 0 fully saturated rings. The Balaban J connectivity index is 1.49. The minimum Gasteiger partial charge on any atom is -0.356 e. The Bertz CT molecular complexity index is 862. The van der Waals surface area contributed by atoms with Crippen molar-refractivity contribution in [1.29, 1.82) is 0 Å². The first-order chi connectivity index (χ1) is 11.6. The standard InChI is InChI=1S/C18H23N5O/c1-13-16(14(2)22(3)21-13)11-18(24)19-9-6-10-23-17-8-5-4-7-15(17)12-20-23/h4-5,7-8,12H,6,9-11H2,1-3H3,(H,19,24). The van der Waals surface area contributed by atoms with Gasteiger partial charge in [0.15, 0.2) is 0 Å². The molecular formula is C18H23N5O. The highest BCUT2D eigenvalue weighted by molar-refractivity contribution is 5.79. The number of fused-ring (bicyclic) bond motifs is 1. The molecule has 6 nitrogen and oxygen atoms in total. The number of benzene rings is 1. The van der Waals surface area contributed by atoms with Gasteiger partial charge in [0.1, 0.15) is 0 Å². The number of nitrogens with zero attached hydrogens (tertiary/aromatic N) is 4. The number of amides is 1. The van der Waals surface area contributed by atoms with E-state index in [9.17, 15) is 4.79 Å². The van der Waals surface area contributed by atoms with Gasteiger partial charge < -0.3 is 5.32 Å². The Kier molecular flexibility index (Phi) is 4.64. The van der Waals surface area contributed by atoms with Gasteiger partial charge in [-0.05, 0) is 26.3 Å². The van der Waals surface area contributed by atoms with E-state index in [0.717, 1.165) is 40.8 Å². The Morgan fingerprint density at radius 2 is 2.04 bits per heavy atom. The highest BCUT2D eigenvalue weighted by atomic mass is 16.1. The maximum Gasteiger partial charge on any atom is 0.224 e. The number of hydrogen-bond donors (Lipinski definition) is 1. The van der Waals surface area contributed by atoms with Crippen LogP contribution >= 0.6 is 0 Å². The second kappa shape index (κ2) is 6.86. The Labute approximate surface area is 141 Å². The summed E-state index contributed by atoms with van der Waals surface area (Å²) in [7, 11) is 1.90. The maximum atomic E-state index is 12.1. The predicted molar refractivity (Wildman–Crippen MR) is 93.7 cm³/mol. The lowest BCUT2D eigenvalue weighted by atomic mass is 10.1.